The van der Waals surface area contributed by atoms with Crippen molar-refractivity contribution >= 4 is 11.8 Å². The lowest BCUT2D eigenvalue weighted by molar-refractivity contribution is -0.127. The van der Waals surface area contributed by atoms with Gasteiger partial charge in [-0.2, -0.15) is 0 Å². The van der Waals surface area contributed by atoms with Crippen molar-refractivity contribution in [3.8, 4) is 11.5 Å². The molecule has 4 rings (SSSR count). The molecule has 8 heteroatoms. The van der Waals surface area contributed by atoms with E-state index < -0.39 is 5.82 Å². The minimum atomic E-state index is -0.549. The van der Waals surface area contributed by atoms with Crippen LogP contribution >= 0.6 is 0 Å². The normalized spacial score (nSPS) is 29.1. The lowest BCUT2D eigenvalue weighted by Gasteiger charge is -2.32. The Morgan fingerprint density at radius 2 is 1.70 bits per heavy atom. The van der Waals surface area contributed by atoms with E-state index in [0.29, 0.717) is 12.5 Å². The largest absolute Gasteiger partial charge is 0.496 e. The third-order valence-electron chi connectivity index (χ3n) is 8.30. The molecule has 0 unspecified atom stereocenters. The molecular weight excluding hydrogens is 475 g/mol. The molecule has 0 saturated heterocycles. The molecule has 37 heavy (non-hydrogen) atoms. The molecule has 2 amide bonds. The molecule has 3 saturated carbocycles. The molecule has 1 aromatic rings. The number of hydrogen-bond acceptors (Lipinski definition) is 5. The van der Waals surface area contributed by atoms with Crippen LogP contribution in [0.15, 0.2) is 12.1 Å². The van der Waals surface area contributed by atoms with E-state index in [9.17, 15) is 14.0 Å². The minimum absolute atomic E-state index is 0.00611. The predicted molar refractivity (Wildman–Crippen MR) is 139 cm³/mol. The number of benzene rings is 1. The van der Waals surface area contributed by atoms with Crippen LogP contribution in [0.1, 0.15) is 76.1 Å². The average Bonchev–Trinajstić information content (AvgIpc) is 3.46. The number of rotatable bonds is 9. The first-order chi connectivity index (χ1) is 17.6. The smallest absolute Gasteiger partial charge is 0.255 e. The summed E-state index contributed by atoms with van der Waals surface area (Å²) in [7, 11) is 3.13. The van der Waals surface area contributed by atoms with E-state index in [1.165, 1.54) is 19.2 Å². The van der Waals surface area contributed by atoms with Crippen molar-refractivity contribution in [2.75, 3.05) is 27.4 Å². The second-order valence-electron chi connectivity index (χ2n) is 12.3. The van der Waals surface area contributed by atoms with Crippen molar-refractivity contribution in [3.05, 3.63) is 23.5 Å². The minimum Gasteiger partial charge on any atom is -0.496 e. The van der Waals surface area contributed by atoms with Gasteiger partial charge in [-0.1, -0.05) is 20.8 Å². The maximum atomic E-state index is 14.9. The van der Waals surface area contributed by atoms with Crippen molar-refractivity contribution in [3.63, 3.8) is 0 Å². The van der Waals surface area contributed by atoms with Crippen molar-refractivity contribution in [2.45, 2.75) is 77.9 Å². The molecule has 1 aromatic carbocycles. The Morgan fingerprint density at radius 3 is 2.35 bits per heavy atom. The van der Waals surface area contributed by atoms with Gasteiger partial charge in [0.2, 0.25) is 5.91 Å². The third kappa shape index (κ3) is 6.57. The summed E-state index contributed by atoms with van der Waals surface area (Å²) in [6, 6.07) is 2.42. The number of fused-ring (bicyclic) bond motifs is 2. The van der Waals surface area contributed by atoms with Crippen LogP contribution in [0.4, 0.5) is 4.39 Å². The zero-order chi connectivity index (χ0) is 26.7. The van der Waals surface area contributed by atoms with Crippen molar-refractivity contribution < 1.29 is 28.2 Å². The number of carbonyl (C=O) groups excluding carboxylic acids is 2. The standard InChI is InChI=1S/C29H43FN2O5/c1-29(2,3)16-31-28(34)25-18-8-9-19(12-18)26(25)32-27(33)21-13-24(22(30)14-23(21)36-5)37-20-10-6-17(7-11-20)15-35-4/h13-14,17-20,25-26H,6-12,15-16H2,1-5H3,(H,31,34)(H,32,33)/t17?,18-,19+,20?,25+,26-/m1/s1. The highest BCUT2D eigenvalue weighted by molar-refractivity contribution is 5.98. The zero-order valence-electron chi connectivity index (χ0n) is 22.9. The highest BCUT2D eigenvalue weighted by atomic mass is 19.1. The number of methoxy groups -OCH3 is 2. The average molecular weight is 519 g/mol. The summed E-state index contributed by atoms with van der Waals surface area (Å²) in [6.45, 7) is 7.56. The van der Waals surface area contributed by atoms with Gasteiger partial charge in [0.25, 0.3) is 5.91 Å². The topological polar surface area (TPSA) is 85.9 Å². The molecule has 206 valence electrons. The fourth-order valence-electron chi connectivity index (χ4n) is 6.38. The number of carbonyl (C=O) groups is 2. The summed E-state index contributed by atoms with van der Waals surface area (Å²) < 4.78 is 31.6. The van der Waals surface area contributed by atoms with Gasteiger partial charge in [0.05, 0.1) is 24.7 Å². The van der Waals surface area contributed by atoms with Crippen LogP contribution in [0.3, 0.4) is 0 Å². The second kappa shape index (κ2) is 11.6. The van der Waals surface area contributed by atoms with Crippen LogP contribution < -0.4 is 20.1 Å². The summed E-state index contributed by atoms with van der Waals surface area (Å²) in [5.41, 5.74) is 0.205. The summed E-state index contributed by atoms with van der Waals surface area (Å²) in [5.74, 6) is 0.102. The van der Waals surface area contributed by atoms with E-state index in [4.69, 9.17) is 14.2 Å². The van der Waals surface area contributed by atoms with E-state index in [2.05, 4.69) is 31.4 Å². The van der Waals surface area contributed by atoms with Gasteiger partial charge in [0.15, 0.2) is 11.6 Å². The number of ether oxygens (including phenoxy) is 3. The summed E-state index contributed by atoms with van der Waals surface area (Å²) in [6.07, 6.45) is 6.41. The van der Waals surface area contributed by atoms with Gasteiger partial charge in [-0.15, -0.1) is 0 Å². The van der Waals surface area contributed by atoms with Crippen molar-refractivity contribution in [2.24, 2.45) is 29.1 Å². The Labute approximate surface area is 220 Å². The summed E-state index contributed by atoms with van der Waals surface area (Å²) >= 11 is 0. The van der Waals surface area contributed by atoms with Gasteiger partial charge in [0.1, 0.15) is 5.75 Å². The molecule has 2 bridgehead atoms. The Balaban J connectivity index is 1.47. The van der Waals surface area contributed by atoms with Crippen LogP contribution in [-0.4, -0.2) is 51.3 Å². The Bertz CT molecular complexity index is 970. The van der Waals surface area contributed by atoms with Crippen LogP contribution in [0, 0.1) is 34.9 Å². The van der Waals surface area contributed by atoms with E-state index >= 15 is 0 Å². The molecule has 0 spiro atoms. The van der Waals surface area contributed by atoms with Gasteiger partial charge in [-0.25, -0.2) is 4.39 Å². The highest BCUT2D eigenvalue weighted by Crippen LogP contribution is 2.49. The quantitative estimate of drug-likeness (QED) is 0.494. The molecule has 0 aliphatic heterocycles. The predicted octanol–water partition coefficient (Wildman–Crippen LogP) is 4.73. The van der Waals surface area contributed by atoms with E-state index in [0.717, 1.165) is 51.6 Å². The Kier molecular flexibility index (Phi) is 8.66. The van der Waals surface area contributed by atoms with Gasteiger partial charge >= 0.3 is 0 Å². The SMILES string of the molecule is COCC1CCC(Oc2cc(C(=O)N[C@@H]3[C@H]4CC[C@H](C4)[C@@H]3C(=O)NCC(C)(C)C)c(OC)cc2F)CC1. The maximum absolute atomic E-state index is 14.9. The molecule has 3 aliphatic rings. The van der Waals surface area contributed by atoms with Crippen molar-refractivity contribution in [1.29, 1.82) is 0 Å². The fraction of sp³-hybridized carbons (Fsp3) is 0.724. The fourth-order valence-corrected chi connectivity index (χ4v) is 6.38. The summed E-state index contributed by atoms with van der Waals surface area (Å²) in [5, 5.41) is 6.22. The molecule has 2 N–H and O–H groups in total. The third-order valence-corrected chi connectivity index (χ3v) is 8.30. The Morgan fingerprint density at radius 1 is 1.00 bits per heavy atom. The van der Waals surface area contributed by atoms with Gasteiger partial charge in [0, 0.05) is 32.4 Å². The number of amides is 2. The number of hydrogen-bond donors (Lipinski definition) is 2. The van der Waals surface area contributed by atoms with Gasteiger partial charge in [-0.3, -0.25) is 9.59 Å². The first-order valence-electron chi connectivity index (χ1n) is 13.7. The molecule has 4 atom stereocenters. The lowest BCUT2D eigenvalue weighted by Crippen LogP contribution is -2.50. The lowest BCUT2D eigenvalue weighted by atomic mass is 9.83. The zero-order valence-corrected chi connectivity index (χ0v) is 22.9. The van der Waals surface area contributed by atoms with Crippen LogP contribution in [-0.2, 0) is 9.53 Å². The molecule has 0 aromatic heterocycles. The monoisotopic (exact) mass is 518 g/mol. The Hall–Kier alpha value is -2.35. The van der Waals surface area contributed by atoms with Gasteiger partial charge < -0.3 is 24.8 Å². The van der Waals surface area contributed by atoms with Gasteiger partial charge in [-0.05, 0) is 74.2 Å². The second-order valence-corrected chi connectivity index (χ2v) is 12.3. The van der Waals surface area contributed by atoms with Crippen molar-refractivity contribution in [1.82, 2.24) is 10.6 Å². The molecule has 3 aliphatic carbocycles. The van der Waals surface area contributed by atoms with E-state index in [-0.39, 0.29) is 64.2 Å². The van der Waals surface area contributed by atoms with E-state index in [1.54, 1.807) is 7.11 Å². The number of halogens is 1. The van der Waals surface area contributed by atoms with Crippen LogP contribution in [0.25, 0.3) is 0 Å². The van der Waals surface area contributed by atoms with E-state index in [1.807, 2.05) is 0 Å². The highest BCUT2D eigenvalue weighted by Gasteiger charge is 2.51. The molecule has 0 heterocycles. The summed E-state index contributed by atoms with van der Waals surface area (Å²) in [4.78, 5) is 26.7. The molecular formula is C29H43FN2O5. The first-order valence-corrected chi connectivity index (χ1v) is 13.7. The van der Waals surface area contributed by atoms with Crippen LogP contribution in [0.5, 0.6) is 11.5 Å². The molecule has 0 radical (unpaired) electrons. The maximum Gasteiger partial charge on any atom is 0.255 e. The number of nitrogens with one attached hydrogen (secondary N) is 2. The molecule has 3 fully saturated rings. The first kappa shape index (κ1) is 27.7. The molecule has 7 nitrogen and oxygen atoms in total. The van der Waals surface area contributed by atoms with Crippen LogP contribution in [0.2, 0.25) is 0 Å².